The third-order valence-corrected chi connectivity index (χ3v) is 2.38. The van der Waals surface area contributed by atoms with Crippen molar-refractivity contribution in [2.24, 2.45) is 0 Å². The van der Waals surface area contributed by atoms with Crippen LogP contribution in [0, 0.1) is 6.92 Å². The second-order valence-corrected chi connectivity index (χ2v) is 3.76. The molecule has 16 heavy (non-hydrogen) atoms. The second kappa shape index (κ2) is 6.27. The van der Waals surface area contributed by atoms with Crippen LogP contribution in [0.5, 0.6) is 0 Å². The van der Waals surface area contributed by atoms with Crippen LogP contribution in [0.25, 0.3) is 0 Å². The largest absolute Gasteiger partial charge is 0.446 e. The fourth-order valence-electron chi connectivity index (χ4n) is 1.35. The molecule has 1 rings (SSSR count). The number of hydrogen-bond acceptors (Lipinski definition) is 4. The monoisotopic (exact) mass is 225 g/mol. The first-order chi connectivity index (χ1) is 7.63. The van der Waals surface area contributed by atoms with E-state index in [-0.39, 0.29) is 5.91 Å². The van der Waals surface area contributed by atoms with Crippen LogP contribution < -0.4 is 5.32 Å². The summed E-state index contributed by atoms with van der Waals surface area (Å²) in [6.07, 6.45) is 2.95. The van der Waals surface area contributed by atoms with Gasteiger partial charge in [-0.1, -0.05) is 0 Å². The summed E-state index contributed by atoms with van der Waals surface area (Å²) in [5.41, 5.74) is 0. The van der Waals surface area contributed by atoms with E-state index in [0.29, 0.717) is 31.8 Å². The van der Waals surface area contributed by atoms with E-state index in [1.165, 1.54) is 0 Å². The summed E-state index contributed by atoms with van der Waals surface area (Å²) in [5.74, 6) is 1.63. The minimum atomic E-state index is 0.144. The van der Waals surface area contributed by atoms with Crippen molar-refractivity contribution in [3.63, 3.8) is 0 Å². The normalized spacial score (nSPS) is 10.4. The van der Waals surface area contributed by atoms with E-state index < -0.39 is 0 Å². The third kappa shape index (κ3) is 4.02. The fourth-order valence-corrected chi connectivity index (χ4v) is 1.35. The number of aryl methyl sites for hydroxylation is 1. The maximum absolute atomic E-state index is 11.6. The lowest BCUT2D eigenvalue weighted by atomic mass is 10.3. The van der Waals surface area contributed by atoms with Crippen LogP contribution in [0.15, 0.2) is 10.6 Å². The molecule has 0 saturated carbocycles. The number of amides is 1. The number of carbonyl (C=O) groups is 1. The minimum absolute atomic E-state index is 0.144. The molecule has 1 N–H and O–H groups in total. The van der Waals surface area contributed by atoms with Gasteiger partial charge >= 0.3 is 0 Å². The molecule has 1 heterocycles. The van der Waals surface area contributed by atoms with Crippen molar-refractivity contribution in [2.45, 2.75) is 19.8 Å². The molecule has 0 atom stereocenters. The lowest BCUT2D eigenvalue weighted by Gasteiger charge is -2.16. The quantitative estimate of drug-likeness (QED) is 0.770. The second-order valence-electron chi connectivity index (χ2n) is 3.76. The molecule has 0 aliphatic rings. The van der Waals surface area contributed by atoms with Crippen molar-refractivity contribution in [1.29, 1.82) is 0 Å². The van der Waals surface area contributed by atoms with Crippen LogP contribution in [-0.2, 0) is 11.2 Å². The van der Waals surface area contributed by atoms with Crippen molar-refractivity contribution in [2.75, 3.05) is 27.2 Å². The Bertz CT molecular complexity index is 336. The van der Waals surface area contributed by atoms with Gasteiger partial charge in [0.25, 0.3) is 0 Å². The predicted octanol–water partition coefficient (Wildman–Crippen LogP) is 0.593. The number of oxazole rings is 1. The molecule has 0 spiro atoms. The first-order valence-electron chi connectivity index (χ1n) is 5.43. The molecule has 1 amide bonds. The zero-order valence-electron chi connectivity index (χ0n) is 10.1. The standard InChI is InChI=1S/C11H19N3O2/c1-9-13-8-10(16-9)5-7-14(3)11(15)4-6-12-2/h8,12H,4-7H2,1-3H3. The number of carbonyl (C=O) groups excluding carboxylic acids is 1. The molecule has 1 aromatic rings. The Morgan fingerprint density at radius 2 is 2.38 bits per heavy atom. The van der Waals surface area contributed by atoms with Gasteiger partial charge in [-0.25, -0.2) is 4.98 Å². The van der Waals surface area contributed by atoms with E-state index in [1.54, 1.807) is 18.1 Å². The van der Waals surface area contributed by atoms with Gasteiger partial charge in [0.15, 0.2) is 5.89 Å². The molecule has 0 fully saturated rings. The van der Waals surface area contributed by atoms with Gasteiger partial charge in [-0.15, -0.1) is 0 Å². The number of nitrogens with zero attached hydrogens (tertiary/aromatic N) is 2. The number of hydrogen-bond donors (Lipinski definition) is 1. The highest BCUT2D eigenvalue weighted by atomic mass is 16.4. The molecule has 0 aliphatic carbocycles. The van der Waals surface area contributed by atoms with Crippen molar-refractivity contribution >= 4 is 5.91 Å². The Morgan fingerprint density at radius 1 is 1.62 bits per heavy atom. The molecule has 1 aromatic heterocycles. The summed E-state index contributed by atoms with van der Waals surface area (Å²) in [4.78, 5) is 17.3. The Labute approximate surface area is 95.8 Å². The molecule has 0 bridgehead atoms. The van der Waals surface area contributed by atoms with Gasteiger partial charge in [0.1, 0.15) is 5.76 Å². The molecule has 0 radical (unpaired) electrons. The fraction of sp³-hybridized carbons (Fsp3) is 0.636. The van der Waals surface area contributed by atoms with E-state index in [4.69, 9.17) is 4.42 Å². The summed E-state index contributed by atoms with van der Waals surface area (Å²) in [6.45, 7) is 3.19. The Morgan fingerprint density at radius 3 is 2.94 bits per heavy atom. The van der Waals surface area contributed by atoms with Crippen molar-refractivity contribution in [3.05, 3.63) is 17.8 Å². The van der Waals surface area contributed by atoms with Crippen LogP contribution in [-0.4, -0.2) is 43.0 Å². The highest BCUT2D eigenvalue weighted by molar-refractivity contribution is 5.76. The third-order valence-electron chi connectivity index (χ3n) is 2.38. The van der Waals surface area contributed by atoms with Gasteiger partial charge in [-0.05, 0) is 7.05 Å². The van der Waals surface area contributed by atoms with Crippen LogP contribution >= 0.6 is 0 Å². The summed E-state index contributed by atoms with van der Waals surface area (Å²) >= 11 is 0. The zero-order chi connectivity index (χ0) is 12.0. The Kier molecular flexibility index (Phi) is 4.98. The highest BCUT2D eigenvalue weighted by Gasteiger charge is 2.09. The van der Waals surface area contributed by atoms with Gasteiger partial charge in [0.2, 0.25) is 5.91 Å². The number of rotatable bonds is 6. The maximum Gasteiger partial charge on any atom is 0.223 e. The molecule has 90 valence electrons. The SMILES string of the molecule is CNCCC(=O)N(C)CCc1cnc(C)o1. The first-order valence-corrected chi connectivity index (χ1v) is 5.43. The van der Waals surface area contributed by atoms with Gasteiger partial charge in [-0.2, -0.15) is 0 Å². The number of nitrogens with one attached hydrogen (secondary N) is 1. The zero-order valence-corrected chi connectivity index (χ0v) is 10.1. The average Bonchev–Trinajstić information content (AvgIpc) is 2.68. The molecule has 0 unspecified atom stereocenters. The predicted molar refractivity (Wildman–Crippen MR) is 61.1 cm³/mol. The molecule has 5 nitrogen and oxygen atoms in total. The molecular formula is C11H19N3O2. The van der Waals surface area contributed by atoms with E-state index in [2.05, 4.69) is 10.3 Å². The van der Waals surface area contributed by atoms with E-state index >= 15 is 0 Å². The van der Waals surface area contributed by atoms with Gasteiger partial charge in [-0.3, -0.25) is 4.79 Å². The van der Waals surface area contributed by atoms with Crippen LogP contribution in [0.4, 0.5) is 0 Å². The van der Waals surface area contributed by atoms with Gasteiger partial charge in [0, 0.05) is 39.9 Å². The average molecular weight is 225 g/mol. The lowest BCUT2D eigenvalue weighted by molar-refractivity contribution is -0.129. The van der Waals surface area contributed by atoms with Gasteiger partial charge < -0.3 is 14.6 Å². The molecule has 0 aliphatic heterocycles. The highest BCUT2D eigenvalue weighted by Crippen LogP contribution is 2.04. The molecule has 5 heteroatoms. The maximum atomic E-state index is 11.6. The lowest BCUT2D eigenvalue weighted by Crippen LogP contribution is -2.30. The topological polar surface area (TPSA) is 58.4 Å². The van der Waals surface area contributed by atoms with Gasteiger partial charge in [0.05, 0.1) is 6.20 Å². The van der Waals surface area contributed by atoms with Crippen molar-refractivity contribution < 1.29 is 9.21 Å². The molecular weight excluding hydrogens is 206 g/mol. The Balaban J connectivity index is 2.29. The smallest absolute Gasteiger partial charge is 0.223 e. The summed E-state index contributed by atoms with van der Waals surface area (Å²) in [7, 11) is 3.64. The number of likely N-dealkylation sites (N-methyl/N-ethyl adjacent to an activating group) is 1. The summed E-state index contributed by atoms with van der Waals surface area (Å²) in [6, 6.07) is 0. The summed E-state index contributed by atoms with van der Waals surface area (Å²) in [5, 5.41) is 2.95. The molecule has 0 saturated heterocycles. The van der Waals surface area contributed by atoms with Crippen LogP contribution in [0.2, 0.25) is 0 Å². The van der Waals surface area contributed by atoms with Crippen molar-refractivity contribution in [1.82, 2.24) is 15.2 Å². The van der Waals surface area contributed by atoms with Crippen LogP contribution in [0.1, 0.15) is 18.1 Å². The van der Waals surface area contributed by atoms with E-state index in [1.807, 2.05) is 14.0 Å². The molecule has 0 aromatic carbocycles. The summed E-state index contributed by atoms with van der Waals surface area (Å²) < 4.78 is 5.33. The minimum Gasteiger partial charge on any atom is -0.446 e. The van der Waals surface area contributed by atoms with Crippen LogP contribution in [0.3, 0.4) is 0 Å². The Hall–Kier alpha value is -1.36. The first kappa shape index (κ1) is 12.7. The van der Waals surface area contributed by atoms with E-state index in [9.17, 15) is 4.79 Å². The number of aromatic nitrogens is 1. The van der Waals surface area contributed by atoms with Crippen molar-refractivity contribution in [3.8, 4) is 0 Å². The van der Waals surface area contributed by atoms with E-state index in [0.717, 1.165) is 5.76 Å².